The number of ether oxygens (including phenoxy) is 1. The molecular formula is C22H23N3O2S. The van der Waals surface area contributed by atoms with E-state index in [1.165, 1.54) is 5.56 Å². The van der Waals surface area contributed by atoms with Crippen molar-refractivity contribution < 1.29 is 9.53 Å². The van der Waals surface area contributed by atoms with Crippen molar-refractivity contribution in [2.75, 3.05) is 11.1 Å². The predicted octanol–water partition coefficient (Wildman–Crippen LogP) is 4.39. The molecule has 1 amide bonds. The molecule has 0 saturated heterocycles. The number of nitrogens with one attached hydrogen (secondary N) is 1. The molecule has 0 radical (unpaired) electrons. The van der Waals surface area contributed by atoms with Crippen LogP contribution in [0.3, 0.4) is 0 Å². The highest BCUT2D eigenvalue weighted by atomic mass is 32.2. The third-order valence-electron chi connectivity index (χ3n) is 4.88. The fourth-order valence-corrected chi connectivity index (χ4v) is 4.59. The van der Waals surface area contributed by atoms with Gasteiger partial charge in [0.05, 0.1) is 16.7 Å². The van der Waals surface area contributed by atoms with Crippen molar-refractivity contribution >= 4 is 23.5 Å². The van der Waals surface area contributed by atoms with E-state index in [9.17, 15) is 4.79 Å². The molecule has 1 atom stereocenters. The molecule has 1 aromatic heterocycles. The second-order valence-electron chi connectivity index (χ2n) is 7.05. The summed E-state index contributed by atoms with van der Waals surface area (Å²) < 4.78 is 7.67. The number of benzene rings is 2. The minimum Gasteiger partial charge on any atom is -0.489 e. The summed E-state index contributed by atoms with van der Waals surface area (Å²) in [5.41, 5.74) is 5.55. The normalized spacial score (nSPS) is 16.2. The summed E-state index contributed by atoms with van der Waals surface area (Å²) in [6, 6.07) is 16.5. The van der Waals surface area contributed by atoms with Gasteiger partial charge in [-0.15, -0.1) is 11.8 Å². The molecule has 3 aromatic rings. The summed E-state index contributed by atoms with van der Waals surface area (Å²) in [4.78, 5) is 12.1. The van der Waals surface area contributed by atoms with E-state index in [1.54, 1.807) is 16.4 Å². The molecule has 144 valence electrons. The van der Waals surface area contributed by atoms with Crippen molar-refractivity contribution in [2.24, 2.45) is 7.05 Å². The monoisotopic (exact) mass is 393 g/mol. The van der Waals surface area contributed by atoms with E-state index in [-0.39, 0.29) is 11.2 Å². The highest BCUT2D eigenvalue weighted by Gasteiger charge is 2.29. The number of nitrogens with zero attached hydrogens (tertiary/aromatic N) is 2. The van der Waals surface area contributed by atoms with Gasteiger partial charge in [0.25, 0.3) is 0 Å². The Balaban J connectivity index is 1.53. The first-order valence-electron chi connectivity index (χ1n) is 9.24. The van der Waals surface area contributed by atoms with Crippen LogP contribution >= 0.6 is 11.8 Å². The molecule has 6 heteroatoms. The van der Waals surface area contributed by atoms with Crippen LogP contribution in [0.2, 0.25) is 0 Å². The lowest BCUT2D eigenvalue weighted by atomic mass is 10.0. The Kier molecular flexibility index (Phi) is 5.13. The number of thioether (sulfide) groups is 1. The van der Waals surface area contributed by atoms with Gasteiger partial charge in [-0.3, -0.25) is 9.48 Å². The van der Waals surface area contributed by atoms with Crippen LogP contribution in [0.5, 0.6) is 5.75 Å². The highest BCUT2D eigenvalue weighted by molar-refractivity contribution is 8.00. The minimum absolute atomic E-state index is 0.00908. The topological polar surface area (TPSA) is 56.1 Å². The smallest absolute Gasteiger partial charge is 0.235 e. The van der Waals surface area contributed by atoms with Gasteiger partial charge in [0, 0.05) is 12.6 Å². The first-order valence-corrected chi connectivity index (χ1v) is 10.3. The molecule has 0 spiro atoms. The van der Waals surface area contributed by atoms with E-state index < -0.39 is 0 Å². The van der Waals surface area contributed by atoms with Crippen molar-refractivity contribution in [1.82, 2.24) is 9.78 Å². The van der Waals surface area contributed by atoms with Crippen molar-refractivity contribution in [2.45, 2.75) is 25.7 Å². The summed E-state index contributed by atoms with van der Waals surface area (Å²) in [5, 5.41) is 7.54. The number of aromatic nitrogens is 2. The predicted molar refractivity (Wildman–Crippen MR) is 113 cm³/mol. The number of hydrogen-bond donors (Lipinski definition) is 1. The number of anilines is 1. The molecule has 1 aliphatic rings. The first-order chi connectivity index (χ1) is 13.5. The SMILES string of the molecule is Cc1ccc(COc2ccc(C3SCC(=O)Nc4c3c(C)nn4C)cc2)cc1. The van der Waals surface area contributed by atoms with Crippen LogP contribution < -0.4 is 10.1 Å². The molecule has 0 saturated carbocycles. The largest absolute Gasteiger partial charge is 0.489 e. The maximum atomic E-state index is 12.1. The Labute approximate surface area is 169 Å². The lowest BCUT2D eigenvalue weighted by Gasteiger charge is -2.16. The van der Waals surface area contributed by atoms with Gasteiger partial charge in [-0.2, -0.15) is 5.10 Å². The average Bonchev–Trinajstić information content (AvgIpc) is 2.86. The molecule has 0 bridgehead atoms. The number of hydrogen-bond acceptors (Lipinski definition) is 4. The first kappa shape index (κ1) is 18.6. The van der Waals surface area contributed by atoms with Gasteiger partial charge in [0.2, 0.25) is 5.91 Å². The zero-order valence-electron chi connectivity index (χ0n) is 16.2. The van der Waals surface area contributed by atoms with E-state index in [1.807, 2.05) is 26.1 Å². The fraction of sp³-hybridized carbons (Fsp3) is 0.273. The summed E-state index contributed by atoms with van der Waals surface area (Å²) in [5.74, 6) is 2.05. The number of carbonyl (C=O) groups is 1. The zero-order chi connectivity index (χ0) is 19.7. The molecule has 2 aromatic carbocycles. The van der Waals surface area contributed by atoms with Crippen molar-refractivity contribution in [3.63, 3.8) is 0 Å². The van der Waals surface area contributed by atoms with E-state index >= 15 is 0 Å². The fourth-order valence-electron chi connectivity index (χ4n) is 3.40. The zero-order valence-corrected chi connectivity index (χ0v) is 17.0. The van der Waals surface area contributed by atoms with Crippen molar-refractivity contribution in [3.05, 3.63) is 76.5 Å². The van der Waals surface area contributed by atoms with E-state index in [0.717, 1.165) is 34.0 Å². The maximum absolute atomic E-state index is 12.1. The highest BCUT2D eigenvalue weighted by Crippen LogP contribution is 2.43. The van der Waals surface area contributed by atoms with Crippen LogP contribution in [-0.2, 0) is 18.4 Å². The van der Waals surface area contributed by atoms with Crippen LogP contribution in [0.4, 0.5) is 5.82 Å². The Hall–Kier alpha value is -2.73. The second kappa shape index (κ2) is 7.72. The third kappa shape index (κ3) is 3.78. The second-order valence-corrected chi connectivity index (χ2v) is 8.15. The molecule has 4 rings (SSSR count). The summed E-state index contributed by atoms with van der Waals surface area (Å²) >= 11 is 1.63. The average molecular weight is 394 g/mol. The Morgan fingerprint density at radius 3 is 2.57 bits per heavy atom. The lowest BCUT2D eigenvalue weighted by Crippen LogP contribution is -2.15. The molecule has 1 aliphatic heterocycles. The number of fused-ring (bicyclic) bond motifs is 1. The van der Waals surface area contributed by atoms with Crippen LogP contribution in [0.25, 0.3) is 0 Å². The Morgan fingerprint density at radius 1 is 1.14 bits per heavy atom. The van der Waals surface area contributed by atoms with Crippen LogP contribution in [0, 0.1) is 13.8 Å². The molecular weight excluding hydrogens is 370 g/mol. The van der Waals surface area contributed by atoms with Gasteiger partial charge in [0.15, 0.2) is 0 Å². The lowest BCUT2D eigenvalue weighted by molar-refractivity contribution is -0.113. The minimum atomic E-state index is 0.00908. The molecule has 0 fully saturated rings. The van der Waals surface area contributed by atoms with Crippen LogP contribution in [0.15, 0.2) is 48.5 Å². The van der Waals surface area contributed by atoms with Crippen molar-refractivity contribution in [1.29, 1.82) is 0 Å². The molecule has 2 heterocycles. The van der Waals surface area contributed by atoms with Crippen molar-refractivity contribution in [3.8, 4) is 5.75 Å². The van der Waals surface area contributed by atoms with Gasteiger partial charge in [0.1, 0.15) is 18.2 Å². The number of aryl methyl sites for hydroxylation is 3. The van der Waals surface area contributed by atoms with E-state index in [2.05, 4.69) is 53.7 Å². The molecule has 0 aliphatic carbocycles. The molecule has 1 N–H and O–H groups in total. The number of carbonyl (C=O) groups excluding carboxylic acids is 1. The standard InChI is InChI=1S/C22H23N3O2S/c1-14-4-6-16(7-5-14)12-27-18-10-8-17(9-11-18)21-20-15(2)24-25(3)22(20)23-19(26)13-28-21/h4-11,21H,12-13H2,1-3H3,(H,23,26). The number of rotatable bonds is 4. The third-order valence-corrected chi connectivity index (χ3v) is 6.15. The molecule has 5 nitrogen and oxygen atoms in total. The number of amides is 1. The Morgan fingerprint density at radius 2 is 1.86 bits per heavy atom. The Bertz CT molecular complexity index is 994. The van der Waals surface area contributed by atoms with Gasteiger partial charge in [-0.05, 0) is 37.1 Å². The quantitative estimate of drug-likeness (QED) is 0.714. The van der Waals surface area contributed by atoms with Gasteiger partial charge in [-0.1, -0.05) is 42.0 Å². The molecule has 28 heavy (non-hydrogen) atoms. The maximum Gasteiger partial charge on any atom is 0.235 e. The van der Waals surface area contributed by atoms with Crippen LogP contribution in [0.1, 0.15) is 33.2 Å². The van der Waals surface area contributed by atoms with E-state index in [0.29, 0.717) is 12.4 Å². The summed E-state index contributed by atoms with van der Waals surface area (Å²) in [6.45, 7) is 4.61. The van der Waals surface area contributed by atoms with Crippen LogP contribution in [-0.4, -0.2) is 21.4 Å². The molecule has 1 unspecified atom stereocenters. The van der Waals surface area contributed by atoms with Gasteiger partial charge >= 0.3 is 0 Å². The summed E-state index contributed by atoms with van der Waals surface area (Å²) in [7, 11) is 1.86. The van der Waals surface area contributed by atoms with Gasteiger partial charge in [-0.25, -0.2) is 0 Å². The van der Waals surface area contributed by atoms with E-state index in [4.69, 9.17) is 4.74 Å². The summed E-state index contributed by atoms with van der Waals surface area (Å²) in [6.07, 6.45) is 0. The van der Waals surface area contributed by atoms with Gasteiger partial charge < -0.3 is 10.1 Å².